The average molecular weight is 251 g/mol. The van der Waals surface area contributed by atoms with Crippen LogP contribution in [0.1, 0.15) is 47.0 Å². The van der Waals surface area contributed by atoms with Crippen molar-refractivity contribution in [3.05, 3.63) is 23.6 Å². The number of hydrogen-bond donors (Lipinski definition) is 1. The van der Waals surface area contributed by atoms with Gasteiger partial charge in [0, 0.05) is 6.04 Å². The van der Waals surface area contributed by atoms with Crippen LogP contribution in [-0.2, 0) is 4.74 Å². The van der Waals surface area contributed by atoms with E-state index in [9.17, 15) is 5.11 Å². The molecule has 2 aliphatic rings. The average Bonchev–Trinajstić information content (AvgIpc) is 2.31. The van der Waals surface area contributed by atoms with Gasteiger partial charge in [-0.1, -0.05) is 26.3 Å². The van der Waals surface area contributed by atoms with Crippen molar-refractivity contribution < 1.29 is 9.84 Å². The molecular weight excluding hydrogens is 226 g/mol. The third-order valence-electron chi connectivity index (χ3n) is 3.85. The second-order valence-corrected chi connectivity index (χ2v) is 5.61. The van der Waals surface area contributed by atoms with E-state index >= 15 is 0 Å². The van der Waals surface area contributed by atoms with E-state index in [-0.39, 0.29) is 6.10 Å². The Morgan fingerprint density at radius 2 is 2.22 bits per heavy atom. The summed E-state index contributed by atoms with van der Waals surface area (Å²) < 4.78 is 5.81. The molecule has 0 bridgehead atoms. The summed E-state index contributed by atoms with van der Waals surface area (Å²) in [5.74, 6) is 1.47. The Morgan fingerprint density at radius 3 is 2.89 bits per heavy atom. The van der Waals surface area contributed by atoms with Crippen molar-refractivity contribution in [2.45, 2.75) is 65.3 Å². The quantitative estimate of drug-likeness (QED) is 0.837. The molecule has 0 amide bonds. The van der Waals surface area contributed by atoms with Crippen LogP contribution in [-0.4, -0.2) is 28.4 Å². The summed E-state index contributed by atoms with van der Waals surface area (Å²) in [7, 11) is 0. The van der Waals surface area contributed by atoms with Gasteiger partial charge in [0.25, 0.3) is 0 Å². The Balaban J connectivity index is 2.29. The van der Waals surface area contributed by atoms with E-state index < -0.39 is 6.23 Å². The van der Waals surface area contributed by atoms with Crippen LogP contribution in [0.3, 0.4) is 0 Å². The molecule has 0 aromatic heterocycles. The van der Waals surface area contributed by atoms with Crippen LogP contribution in [0.5, 0.6) is 0 Å². The Labute approximate surface area is 110 Å². The molecule has 1 N–H and O–H groups in total. The van der Waals surface area contributed by atoms with Crippen LogP contribution in [0.15, 0.2) is 23.6 Å². The number of morpholine rings is 1. The third kappa shape index (κ3) is 2.41. The van der Waals surface area contributed by atoms with E-state index in [2.05, 4.69) is 37.8 Å². The lowest BCUT2D eigenvalue weighted by molar-refractivity contribution is -0.115. The van der Waals surface area contributed by atoms with E-state index in [1.165, 1.54) is 0 Å². The molecule has 0 saturated carbocycles. The molecular formula is C15H25NO2. The molecule has 18 heavy (non-hydrogen) atoms. The van der Waals surface area contributed by atoms with Crippen molar-refractivity contribution in [3.8, 4) is 0 Å². The van der Waals surface area contributed by atoms with Crippen LogP contribution in [0.2, 0.25) is 0 Å². The van der Waals surface area contributed by atoms with Gasteiger partial charge >= 0.3 is 0 Å². The molecule has 0 aromatic carbocycles. The minimum Gasteiger partial charge on any atom is -0.484 e. The lowest BCUT2D eigenvalue weighted by Gasteiger charge is -2.46. The highest BCUT2D eigenvalue weighted by atomic mass is 16.5. The molecule has 1 heterocycles. The number of aliphatic hydroxyl groups is 1. The van der Waals surface area contributed by atoms with Crippen molar-refractivity contribution in [2.75, 3.05) is 0 Å². The Kier molecular flexibility index (Phi) is 4.00. The molecule has 2 rings (SSSR count). The van der Waals surface area contributed by atoms with Crippen LogP contribution < -0.4 is 0 Å². The topological polar surface area (TPSA) is 32.7 Å². The summed E-state index contributed by atoms with van der Waals surface area (Å²) in [5.41, 5.74) is 1.08. The first-order valence-electron chi connectivity index (χ1n) is 7.10. The van der Waals surface area contributed by atoms with Gasteiger partial charge in [-0.2, -0.15) is 0 Å². The van der Waals surface area contributed by atoms with E-state index in [1.807, 2.05) is 6.92 Å². The van der Waals surface area contributed by atoms with E-state index in [4.69, 9.17) is 4.74 Å². The normalized spacial score (nSPS) is 33.2. The molecule has 1 fully saturated rings. The maximum atomic E-state index is 10.4. The number of hydrogen-bond acceptors (Lipinski definition) is 3. The Hall–Kier alpha value is -0.960. The molecule has 3 unspecified atom stereocenters. The van der Waals surface area contributed by atoms with Gasteiger partial charge in [0.1, 0.15) is 11.9 Å². The van der Waals surface area contributed by atoms with Gasteiger partial charge in [0.05, 0.1) is 5.70 Å². The van der Waals surface area contributed by atoms with E-state index in [0.717, 1.165) is 30.7 Å². The summed E-state index contributed by atoms with van der Waals surface area (Å²) >= 11 is 0. The second-order valence-electron chi connectivity index (χ2n) is 5.61. The van der Waals surface area contributed by atoms with Gasteiger partial charge < -0.3 is 14.7 Å². The predicted octanol–water partition coefficient (Wildman–Crippen LogP) is 3.02. The van der Waals surface area contributed by atoms with Gasteiger partial charge in [-0.3, -0.25) is 0 Å². The minimum absolute atomic E-state index is 0.166. The zero-order valence-electron chi connectivity index (χ0n) is 11.9. The number of allylic oxidation sites excluding steroid dienone is 2. The summed E-state index contributed by atoms with van der Waals surface area (Å²) in [4.78, 5) is 2.14. The highest BCUT2D eigenvalue weighted by Crippen LogP contribution is 2.35. The Morgan fingerprint density at radius 1 is 1.50 bits per heavy atom. The monoisotopic (exact) mass is 251 g/mol. The first-order valence-corrected chi connectivity index (χ1v) is 7.10. The van der Waals surface area contributed by atoms with Crippen LogP contribution in [0.4, 0.5) is 0 Å². The van der Waals surface area contributed by atoms with Gasteiger partial charge in [-0.25, -0.2) is 0 Å². The largest absolute Gasteiger partial charge is 0.484 e. The molecule has 0 aromatic rings. The number of ether oxygens (including phenoxy) is 1. The predicted molar refractivity (Wildman–Crippen MR) is 72.7 cm³/mol. The zero-order chi connectivity index (χ0) is 13.3. The van der Waals surface area contributed by atoms with Gasteiger partial charge in [0.2, 0.25) is 0 Å². The third-order valence-corrected chi connectivity index (χ3v) is 3.85. The molecule has 3 heteroatoms. The fraction of sp³-hybridized carbons (Fsp3) is 0.733. The zero-order valence-corrected chi connectivity index (χ0v) is 11.9. The SMILES string of the molecule is CCC[C@H](C)N1C2=CC(C)CC=C2OC(C)C1O. The van der Waals surface area contributed by atoms with Gasteiger partial charge in [-0.15, -0.1) is 0 Å². The van der Waals surface area contributed by atoms with Crippen molar-refractivity contribution in [2.24, 2.45) is 5.92 Å². The second kappa shape index (κ2) is 5.35. The molecule has 1 saturated heterocycles. The maximum Gasteiger partial charge on any atom is 0.164 e. The van der Waals surface area contributed by atoms with E-state index in [0.29, 0.717) is 12.0 Å². The number of rotatable bonds is 3. The molecule has 0 spiro atoms. The lowest BCUT2D eigenvalue weighted by Crippen LogP contribution is -2.52. The first kappa shape index (κ1) is 13.5. The maximum absolute atomic E-state index is 10.4. The smallest absolute Gasteiger partial charge is 0.164 e. The van der Waals surface area contributed by atoms with Crippen LogP contribution in [0, 0.1) is 5.92 Å². The first-order chi connectivity index (χ1) is 8.54. The summed E-state index contributed by atoms with van der Waals surface area (Å²) in [6, 6.07) is 0.344. The van der Waals surface area contributed by atoms with Crippen molar-refractivity contribution in [3.63, 3.8) is 0 Å². The summed E-state index contributed by atoms with van der Waals surface area (Å²) in [6.07, 6.45) is 6.92. The molecule has 1 aliphatic heterocycles. The standard InChI is InChI=1S/C15H25NO2/c1-5-6-11(3)16-13-9-10(2)7-8-14(13)18-12(4)15(16)17/h8-12,15,17H,5-7H2,1-4H3/t10?,11-,12?,15?/m0/s1. The van der Waals surface area contributed by atoms with Crippen molar-refractivity contribution >= 4 is 0 Å². The van der Waals surface area contributed by atoms with Gasteiger partial charge in [0.15, 0.2) is 6.23 Å². The summed E-state index contributed by atoms with van der Waals surface area (Å²) in [5, 5.41) is 10.4. The van der Waals surface area contributed by atoms with Crippen LogP contribution in [0.25, 0.3) is 0 Å². The summed E-state index contributed by atoms with van der Waals surface area (Å²) in [6.45, 7) is 8.50. The number of aliphatic hydroxyl groups excluding tert-OH is 1. The van der Waals surface area contributed by atoms with E-state index in [1.54, 1.807) is 0 Å². The lowest BCUT2D eigenvalue weighted by atomic mass is 9.96. The highest BCUT2D eigenvalue weighted by Gasteiger charge is 2.37. The number of nitrogens with zero attached hydrogens (tertiary/aromatic N) is 1. The minimum atomic E-state index is -0.541. The Bertz CT molecular complexity index is 362. The molecule has 102 valence electrons. The van der Waals surface area contributed by atoms with Crippen molar-refractivity contribution in [1.82, 2.24) is 4.90 Å². The highest BCUT2D eigenvalue weighted by molar-refractivity contribution is 5.32. The fourth-order valence-electron chi connectivity index (χ4n) is 2.82. The molecule has 3 nitrogen and oxygen atoms in total. The fourth-order valence-corrected chi connectivity index (χ4v) is 2.82. The molecule has 1 aliphatic carbocycles. The van der Waals surface area contributed by atoms with Crippen molar-refractivity contribution in [1.29, 1.82) is 0 Å². The molecule has 4 atom stereocenters. The van der Waals surface area contributed by atoms with Crippen LogP contribution >= 0.6 is 0 Å². The molecule has 0 radical (unpaired) electrons. The number of fused-ring (bicyclic) bond motifs is 1. The van der Waals surface area contributed by atoms with Gasteiger partial charge in [-0.05, 0) is 38.7 Å².